The number of ether oxygens (including phenoxy) is 2. The van der Waals surface area contributed by atoms with E-state index in [-0.39, 0.29) is 24.0 Å². The molecule has 6 nitrogen and oxygen atoms in total. The van der Waals surface area contributed by atoms with Crippen LogP contribution in [-0.4, -0.2) is 91.8 Å². The molecule has 0 aliphatic carbocycles. The Bertz CT molecular complexity index is 964. The van der Waals surface area contributed by atoms with Gasteiger partial charge in [-0.05, 0) is 57.4 Å². The van der Waals surface area contributed by atoms with Crippen LogP contribution in [0.3, 0.4) is 0 Å². The average molecular weight is 524 g/mol. The smallest absolute Gasteiger partial charge is 0.324 e. The molecule has 6 heteroatoms. The SMILES string of the molecule is CC(C)C(C(=O)OC(C)(C)C)N(CCOCCN1CCN(C)CC1)C(C)c1ccc(-c2ccccc2)cc1. The van der Waals surface area contributed by atoms with Crippen LogP contribution in [0.25, 0.3) is 11.1 Å². The first kappa shape index (κ1) is 30.3. The highest BCUT2D eigenvalue weighted by molar-refractivity contribution is 5.76. The van der Waals surface area contributed by atoms with Gasteiger partial charge in [-0.1, -0.05) is 68.4 Å². The lowest BCUT2D eigenvalue weighted by molar-refractivity contribution is -0.165. The van der Waals surface area contributed by atoms with E-state index in [0.29, 0.717) is 19.8 Å². The van der Waals surface area contributed by atoms with Crippen molar-refractivity contribution in [2.24, 2.45) is 5.92 Å². The second-order valence-corrected chi connectivity index (χ2v) is 11.9. The zero-order valence-corrected chi connectivity index (χ0v) is 24.7. The van der Waals surface area contributed by atoms with Crippen LogP contribution in [0.1, 0.15) is 53.1 Å². The molecule has 2 unspecified atom stereocenters. The van der Waals surface area contributed by atoms with E-state index in [1.54, 1.807) is 0 Å². The summed E-state index contributed by atoms with van der Waals surface area (Å²) >= 11 is 0. The van der Waals surface area contributed by atoms with Gasteiger partial charge in [-0.3, -0.25) is 14.6 Å². The number of carbonyl (C=O) groups is 1. The predicted molar refractivity (Wildman–Crippen MR) is 156 cm³/mol. The molecular formula is C32H49N3O3. The van der Waals surface area contributed by atoms with E-state index in [1.165, 1.54) is 16.7 Å². The van der Waals surface area contributed by atoms with Crippen molar-refractivity contribution in [3.63, 3.8) is 0 Å². The van der Waals surface area contributed by atoms with E-state index in [1.807, 2.05) is 26.8 Å². The van der Waals surface area contributed by atoms with Gasteiger partial charge in [0.15, 0.2) is 0 Å². The number of benzene rings is 2. The van der Waals surface area contributed by atoms with Crippen LogP contribution in [0.2, 0.25) is 0 Å². The molecule has 38 heavy (non-hydrogen) atoms. The highest BCUT2D eigenvalue weighted by Gasteiger charge is 2.35. The Labute approximate surface area is 230 Å². The van der Waals surface area contributed by atoms with Gasteiger partial charge in [0.05, 0.1) is 13.2 Å². The van der Waals surface area contributed by atoms with E-state index in [2.05, 4.69) is 91.0 Å². The van der Waals surface area contributed by atoms with Crippen molar-refractivity contribution in [2.75, 3.05) is 59.5 Å². The number of rotatable bonds is 12. The molecule has 0 radical (unpaired) electrons. The summed E-state index contributed by atoms with van der Waals surface area (Å²) in [5, 5.41) is 0. The van der Waals surface area contributed by atoms with Gasteiger partial charge in [-0.15, -0.1) is 0 Å². The fourth-order valence-corrected chi connectivity index (χ4v) is 5.04. The van der Waals surface area contributed by atoms with Crippen LogP contribution in [0.5, 0.6) is 0 Å². The molecule has 2 aromatic rings. The number of hydrogen-bond acceptors (Lipinski definition) is 6. The second kappa shape index (κ2) is 14.2. The summed E-state index contributed by atoms with van der Waals surface area (Å²) in [4.78, 5) is 20.5. The molecule has 2 atom stereocenters. The first-order chi connectivity index (χ1) is 18.0. The molecule has 2 aromatic carbocycles. The number of hydrogen-bond donors (Lipinski definition) is 0. The molecule has 1 heterocycles. The number of likely N-dealkylation sites (N-methyl/N-ethyl adjacent to an activating group) is 1. The fraction of sp³-hybridized carbons (Fsp3) is 0.594. The minimum atomic E-state index is -0.532. The standard InChI is InChI=1S/C32H49N3O3/c1-25(2)30(31(36)38-32(4,5)6)35(22-24-37-23-21-34-19-17-33(7)18-20-34)26(3)27-13-15-29(16-14-27)28-11-9-8-10-12-28/h8-16,25-26,30H,17-24H2,1-7H3. The van der Waals surface area contributed by atoms with E-state index in [0.717, 1.165) is 32.7 Å². The highest BCUT2D eigenvalue weighted by Crippen LogP contribution is 2.29. The van der Waals surface area contributed by atoms with Crippen LogP contribution >= 0.6 is 0 Å². The molecule has 0 amide bonds. The van der Waals surface area contributed by atoms with E-state index >= 15 is 0 Å². The maximum absolute atomic E-state index is 13.4. The Morgan fingerprint density at radius 1 is 0.895 bits per heavy atom. The summed E-state index contributed by atoms with van der Waals surface area (Å²) in [6.07, 6.45) is 0. The molecule has 1 saturated heterocycles. The quantitative estimate of drug-likeness (QED) is 0.276. The number of esters is 1. The largest absolute Gasteiger partial charge is 0.459 e. The monoisotopic (exact) mass is 523 g/mol. The van der Waals surface area contributed by atoms with Crippen LogP contribution in [0, 0.1) is 5.92 Å². The van der Waals surface area contributed by atoms with Crippen LogP contribution in [-0.2, 0) is 14.3 Å². The van der Waals surface area contributed by atoms with Gasteiger partial charge in [0.2, 0.25) is 0 Å². The third kappa shape index (κ3) is 9.19. The Kier molecular flexibility index (Phi) is 11.3. The van der Waals surface area contributed by atoms with Crippen LogP contribution in [0.4, 0.5) is 0 Å². The lowest BCUT2D eigenvalue weighted by Gasteiger charge is -2.38. The van der Waals surface area contributed by atoms with Gasteiger partial charge in [-0.25, -0.2) is 0 Å². The van der Waals surface area contributed by atoms with Crippen molar-refractivity contribution >= 4 is 5.97 Å². The van der Waals surface area contributed by atoms with Crippen molar-refractivity contribution in [3.8, 4) is 11.1 Å². The number of piperazine rings is 1. The van der Waals surface area contributed by atoms with Gasteiger partial charge in [0.1, 0.15) is 11.6 Å². The minimum absolute atomic E-state index is 0.0287. The molecule has 3 rings (SSSR count). The number of nitrogens with zero attached hydrogens (tertiary/aromatic N) is 3. The van der Waals surface area contributed by atoms with E-state index in [9.17, 15) is 4.79 Å². The van der Waals surface area contributed by atoms with Crippen molar-refractivity contribution < 1.29 is 14.3 Å². The third-order valence-electron chi connectivity index (χ3n) is 7.28. The summed E-state index contributed by atoms with van der Waals surface area (Å²) < 4.78 is 12.0. The second-order valence-electron chi connectivity index (χ2n) is 11.9. The molecule has 0 N–H and O–H groups in total. The predicted octanol–water partition coefficient (Wildman–Crippen LogP) is 5.35. The Balaban J connectivity index is 1.71. The summed E-state index contributed by atoms with van der Waals surface area (Å²) in [6, 6.07) is 18.8. The van der Waals surface area contributed by atoms with Gasteiger partial charge in [-0.2, -0.15) is 0 Å². The average Bonchev–Trinajstić information content (AvgIpc) is 2.87. The fourth-order valence-electron chi connectivity index (χ4n) is 5.04. The lowest BCUT2D eigenvalue weighted by atomic mass is 9.96. The van der Waals surface area contributed by atoms with Gasteiger partial charge >= 0.3 is 5.97 Å². The van der Waals surface area contributed by atoms with Gasteiger partial charge in [0.25, 0.3) is 0 Å². The summed E-state index contributed by atoms with van der Waals surface area (Å²) in [7, 11) is 2.18. The molecule has 0 bridgehead atoms. The maximum atomic E-state index is 13.4. The Morgan fingerprint density at radius 3 is 2.08 bits per heavy atom. The number of carbonyl (C=O) groups excluding carboxylic acids is 1. The van der Waals surface area contributed by atoms with Crippen LogP contribution in [0.15, 0.2) is 54.6 Å². The lowest BCUT2D eigenvalue weighted by Crippen LogP contribution is -2.49. The van der Waals surface area contributed by atoms with Crippen molar-refractivity contribution in [1.29, 1.82) is 0 Å². The normalized spacial score (nSPS) is 17.1. The Hall–Kier alpha value is -2.25. The molecule has 1 aliphatic heterocycles. The molecule has 1 fully saturated rings. The van der Waals surface area contributed by atoms with Crippen LogP contribution < -0.4 is 0 Å². The molecule has 1 aliphatic rings. The summed E-state index contributed by atoms with van der Waals surface area (Å²) in [5.74, 6) is -0.0704. The minimum Gasteiger partial charge on any atom is -0.459 e. The van der Waals surface area contributed by atoms with Gasteiger partial charge < -0.3 is 14.4 Å². The molecule has 0 aromatic heterocycles. The van der Waals surface area contributed by atoms with Crippen molar-refractivity contribution in [1.82, 2.24) is 14.7 Å². The zero-order chi connectivity index (χ0) is 27.7. The maximum Gasteiger partial charge on any atom is 0.324 e. The van der Waals surface area contributed by atoms with E-state index < -0.39 is 5.60 Å². The Morgan fingerprint density at radius 2 is 1.50 bits per heavy atom. The van der Waals surface area contributed by atoms with Gasteiger partial charge in [0, 0.05) is 45.3 Å². The summed E-state index contributed by atoms with van der Waals surface area (Å²) in [6.45, 7) is 19.5. The zero-order valence-electron chi connectivity index (χ0n) is 24.7. The molecule has 210 valence electrons. The topological polar surface area (TPSA) is 45.2 Å². The van der Waals surface area contributed by atoms with Crippen molar-refractivity contribution in [2.45, 2.75) is 59.2 Å². The molecular weight excluding hydrogens is 474 g/mol. The molecule has 0 saturated carbocycles. The van der Waals surface area contributed by atoms with E-state index in [4.69, 9.17) is 9.47 Å². The first-order valence-corrected chi connectivity index (χ1v) is 14.2. The highest BCUT2D eigenvalue weighted by atomic mass is 16.6. The third-order valence-corrected chi connectivity index (χ3v) is 7.28. The van der Waals surface area contributed by atoms with Crippen molar-refractivity contribution in [3.05, 3.63) is 60.2 Å². The summed E-state index contributed by atoms with van der Waals surface area (Å²) in [5.41, 5.74) is 3.03. The molecule has 0 spiro atoms. The first-order valence-electron chi connectivity index (χ1n) is 14.2.